The van der Waals surface area contributed by atoms with Gasteiger partial charge in [0.05, 0.1) is 6.10 Å². The van der Waals surface area contributed by atoms with Crippen LogP contribution in [0.4, 0.5) is 0 Å². The highest BCUT2D eigenvalue weighted by atomic mass is 16.3. The quantitative estimate of drug-likeness (QED) is 0.874. The molecule has 1 aromatic carbocycles. The summed E-state index contributed by atoms with van der Waals surface area (Å²) in [5.41, 5.74) is 2.96. The molecule has 2 heteroatoms. The molecule has 0 amide bonds. The molecule has 2 N–H and O–H groups in total. The van der Waals surface area contributed by atoms with Crippen molar-refractivity contribution in [2.24, 2.45) is 0 Å². The van der Waals surface area contributed by atoms with Gasteiger partial charge in [-0.1, -0.05) is 45.0 Å². The van der Waals surface area contributed by atoms with Crippen LogP contribution in [0.5, 0.6) is 0 Å². The van der Waals surface area contributed by atoms with Gasteiger partial charge < -0.3 is 10.4 Å². The van der Waals surface area contributed by atoms with Crippen LogP contribution >= 0.6 is 0 Å². The molecule has 0 spiro atoms. The third-order valence-electron chi connectivity index (χ3n) is 4.11. The molecule has 0 aromatic heterocycles. The first-order valence-electron chi connectivity index (χ1n) is 7.46. The lowest BCUT2D eigenvalue weighted by Gasteiger charge is -2.26. The Morgan fingerprint density at radius 1 is 1.05 bits per heavy atom. The third-order valence-corrected chi connectivity index (χ3v) is 4.11. The van der Waals surface area contributed by atoms with E-state index >= 15 is 0 Å². The molecule has 1 aromatic rings. The van der Waals surface area contributed by atoms with Crippen molar-refractivity contribution >= 4 is 0 Å². The Kier molecular flexibility index (Phi) is 4.64. The highest BCUT2D eigenvalue weighted by Gasteiger charge is 2.18. The predicted molar refractivity (Wildman–Crippen MR) is 80.2 cm³/mol. The Morgan fingerprint density at radius 2 is 1.63 bits per heavy atom. The van der Waals surface area contributed by atoms with Gasteiger partial charge in [-0.3, -0.25) is 0 Å². The Morgan fingerprint density at radius 3 is 2.16 bits per heavy atom. The van der Waals surface area contributed by atoms with Crippen molar-refractivity contribution in [1.29, 1.82) is 0 Å². The molecule has 19 heavy (non-hydrogen) atoms. The van der Waals surface area contributed by atoms with E-state index in [0.717, 1.165) is 32.2 Å². The molecule has 0 heterocycles. The number of rotatable bonds is 3. The van der Waals surface area contributed by atoms with Crippen molar-refractivity contribution in [3.05, 3.63) is 35.4 Å². The van der Waals surface area contributed by atoms with Gasteiger partial charge in [0.1, 0.15) is 0 Å². The molecule has 1 saturated carbocycles. The fourth-order valence-corrected chi connectivity index (χ4v) is 2.66. The van der Waals surface area contributed by atoms with Crippen LogP contribution in [0.1, 0.15) is 57.6 Å². The molecule has 1 aliphatic carbocycles. The molecule has 2 nitrogen and oxygen atoms in total. The standard InChI is InChI=1S/C17H27NO/c1-17(2,3)14-6-4-13(5-7-14)12-18-15-8-10-16(19)11-9-15/h4-7,15-16,18-19H,8-12H2,1-3H3. The van der Waals surface area contributed by atoms with Gasteiger partial charge in [-0.05, 0) is 42.2 Å². The number of aliphatic hydroxyl groups is 1. The molecular weight excluding hydrogens is 234 g/mol. The maximum absolute atomic E-state index is 9.49. The van der Waals surface area contributed by atoms with Gasteiger partial charge in [0.25, 0.3) is 0 Å². The maximum Gasteiger partial charge on any atom is 0.0541 e. The van der Waals surface area contributed by atoms with E-state index in [0.29, 0.717) is 6.04 Å². The van der Waals surface area contributed by atoms with Crippen LogP contribution in [-0.4, -0.2) is 17.3 Å². The number of nitrogens with one attached hydrogen (secondary N) is 1. The summed E-state index contributed by atoms with van der Waals surface area (Å²) in [4.78, 5) is 0. The summed E-state index contributed by atoms with van der Waals surface area (Å²) in [6, 6.07) is 9.51. The fourth-order valence-electron chi connectivity index (χ4n) is 2.66. The Labute approximate surface area is 117 Å². The Bertz CT molecular complexity index is 383. The van der Waals surface area contributed by atoms with E-state index in [9.17, 15) is 5.11 Å². The minimum atomic E-state index is -0.0656. The first-order valence-corrected chi connectivity index (χ1v) is 7.46. The highest BCUT2D eigenvalue weighted by molar-refractivity contribution is 5.27. The Hall–Kier alpha value is -0.860. The first-order chi connectivity index (χ1) is 8.95. The molecular formula is C17H27NO. The van der Waals surface area contributed by atoms with Crippen molar-refractivity contribution in [2.45, 2.75) is 70.6 Å². The van der Waals surface area contributed by atoms with Crippen LogP contribution in [0.25, 0.3) is 0 Å². The maximum atomic E-state index is 9.49. The summed E-state index contributed by atoms with van der Waals surface area (Å²) in [7, 11) is 0. The molecule has 106 valence electrons. The molecule has 0 aliphatic heterocycles. The number of aliphatic hydroxyl groups excluding tert-OH is 1. The van der Waals surface area contributed by atoms with E-state index < -0.39 is 0 Å². The average molecular weight is 261 g/mol. The van der Waals surface area contributed by atoms with Crippen LogP contribution in [0.2, 0.25) is 0 Å². The summed E-state index contributed by atoms with van der Waals surface area (Å²) >= 11 is 0. The SMILES string of the molecule is CC(C)(C)c1ccc(CNC2CCC(O)CC2)cc1. The van der Waals surface area contributed by atoms with Crippen molar-refractivity contribution in [3.63, 3.8) is 0 Å². The molecule has 1 aliphatic rings. The van der Waals surface area contributed by atoms with Gasteiger partial charge in [-0.25, -0.2) is 0 Å². The summed E-state index contributed by atoms with van der Waals surface area (Å²) in [6.45, 7) is 7.67. The van der Waals surface area contributed by atoms with Gasteiger partial charge in [-0.15, -0.1) is 0 Å². The van der Waals surface area contributed by atoms with Crippen molar-refractivity contribution in [2.75, 3.05) is 0 Å². The van der Waals surface area contributed by atoms with Gasteiger partial charge in [0, 0.05) is 12.6 Å². The van der Waals surface area contributed by atoms with Crippen LogP contribution in [-0.2, 0) is 12.0 Å². The zero-order chi connectivity index (χ0) is 13.9. The number of benzene rings is 1. The summed E-state index contributed by atoms with van der Waals surface area (Å²) in [5, 5.41) is 13.1. The fraction of sp³-hybridized carbons (Fsp3) is 0.647. The van der Waals surface area contributed by atoms with E-state index in [1.54, 1.807) is 0 Å². The average Bonchev–Trinajstić information content (AvgIpc) is 2.37. The molecule has 1 fully saturated rings. The van der Waals surface area contributed by atoms with Crippen molar-refractivity contribution in [3.8, 4) is 0 Å². The second-order valence-corrected chi connectivity index (χ2v) is 6.83. The lowest BCUT2D eigenvalue weighted by molar-refractivity contribution is 0.116. The molecule has 2 rings (SSSR count). The second kappa shape index (κ2) is 6.06. The largest absolute Gasteiger partial charge is 0.393 e. The molecule has 0 saturated heterocycles. The van der Waals surface area contributed by atoms with E-state index in [2.05, 4.69) is 50.4 Å². The zero-order valence-corrected chi connectivity index (χ0v) is 12.4. The van der Waals surface area contributed by atoms with Crippen LogP contribution in [0.15, 0.2) is 24.3 Å². The van der Waals surface area contributed by atoms with Gasteiger partial charge in [0.2, 0.25) is 0 Å². The van der Waals surface area contributed by atoms with Gasteiger partial charge in [-0.2, -0.15) is 0 Å². The zero-order valence-electron chi connectivity index (χ0n) is 12.4. The first kappa shape index (κ1) is 14.5. The molecule has 0 bridgehead atoms. The summed E-state index contributed by atoms with van der Waals surface area (Å²) in [5.74, 6) is 0. The molecule has 0 radical (unpaired) electrons. The minimum Gasteiger partial charge on any atom is -0.393 e. The van der Waals surface area contributed by atoms with Gasteiger partial charge >= 0.3 is 0 Å². The van der Waals surface area contributed by atoms with E-state index in [-0.39, 0.29) is 11.5 Å². The summed E-state index contributed by atoms with van der Waals surface area (Å²) < 4.78 is 0. The normalized spacial score (nSPS) is 24.4. The third kappa shape index (κ3) is 4.32. The van der Waals surface area contributed by atoms with Crippen LogP contribution in [0.3, 0.4) is 0 Å². The van der Waals surface area contributed by atoms with Crippen LogP contribution < -0.4 is 5.32 Å². The van der Waals surface area contributed by atoms with Crippen molar-refractivity contribution < 1.29 is 5.11 Å². The minimum absolute atomic E-state index is 0.0656. The lowest BCUT2D eigenvalue weighted by Crippen LogP contribution is -2.34. The Balaban J connectivity index is 1.83. The topological polar surface area (TPSA) is 32.3 Å². The predicted octanol–water partition coefficient (Wildman–Crippen LogP) is 3.38. The van der Waals surface area contributed by atoms with Gasteiger partial charge in [0.15, 0.2) is 0 Å². The highest BCUT2D eigenvalue weighted by Crippen LogP contribution is 2.22. The van der Waals surface area contributed by atoms with Crippen molar-refractivity contribution in [1.82, 2.24) is 5.32 Å². The second-order valence-electron chi connectivity index (χ2n) is 6.83. The number of hydrogen-bond donors (Lipinski definition) is 2. The lowest BCUT2D eigenvalue weighted by atomic mass is 9.86. The van der Waals surface area contributed by atoms with E-state index in [1.165, 1.54) is 11.1 Å². The monoisotopic (exact) mass is 261 g/mol. The smallest absolute Gasteiger partial charge is 0.0541 e. The van der Waals surface area contributed by atoms with E-state index in [1.807, 2.05) is 0 Å². The van der Waals surface area contributed by atoms with Crippen LogP contribution in [0, 0.1) is 0 Å². The molecule has 0 unspecified atom stereocenters. The molecule has 0 atom stereocenters. The number of hydrogen-bond acceptors (Lipinski definition) is 2. The van der Waals surface area contributed by atoms with E-state index in [4.69, 9.17) is 0 Å². The summed E-state index contributed by atoms with van der Waals surface area (Å²) in [6.07, 6.45) is 4.02.